The van der Waals surface area contributed by atoms with Gasteiger partial charge in [0.05, 0.1) is 16.4 Å². The first kappa shape index (κ1) is 21.9. The van der Waals surface area contributed by atoms with E-state index in [4.69, 9.17) is 4.98 Å². The first-order valence-electron chi connectivity index (χ1n) is 11.7. The van der Waals surface area contributed by atoms with E-state index in [1.54, 1.807) is 15.9 Å². The molecular weight excluding hydrogens is 438 g/mol. The zero-order valence-corrected chi connectivity index (χ0v) is 20.1. The topological polar surface area (TPSA) is 96.6 Å². The molecule has 2 fully saturated rings. The molecule has 2 aliphatic rings. The standard InChI is InChI=1S/C23H29N7O2S/c1-14-12-19-25-26-20(16(3)30(19)27-14)23(32)28-10-7-17(8-11-28)21-24-18(13-33-21)22(31)29-9-5-4-6-15(29)2/h12-13,15,17H,4-11H2,1-3H3. The lowest BCUT2D eigenvalue weighted by Gasteiger charge is -2.33. The Kier molecular flexibility index (Phi) is 5.86. The number of carbonyl (C=O) groups excluding carboxylic acids is 2. The van der Waals surface area contributed by atoms with Gasteiger partial charge in [0.1, 0.15) is 5.69 Å². The number of fused-ring (bicyclic) bond motifs is 1. The molecule has 0 N–H and O–H groups in total. The number of amides is 2. The molecule has 0 aliphatic carbocycles. The molecule has 0 bridgehead atoms. The van der Waals surface area contributed by atoms with Crippen molar-refractivity contribution in [2.45, 2.75) is 64.8 Å². The van der Waals surface area contributed by atoms with Crippen molar-refractivity contribution in [3.63, 3.8) is 0 Å². The number of nitrogens with zero attached hydrogens (tertiary/aromatic N) is 7. The maximum atomic E-state index is 13.1. The van der Waals surface area contributed by atoms with Crippen LogP contribution in [0, 0.1) is 13.8 Å². The molecule has 3 aromatic rings. The number of thiazole rings is 1. The smallest absolute Gasteiger partial charge is 0.276 e. The maximum Gasteiger partial charge on any atom is 0.276 e. The van der Waals surface area contributed by atoms with E-state index >= 15 is 0 Å². The fourth-order valence-corrected chi connectivity index (χ4v) is 5.84. The number of likely N-dealkylation sites (tertiary alicyclic amines) is 2. The van der Waals surface area contributed by atoms with Crippen LogP contribution >= 0.6 is 11.3 Å². The molecule has 0 spiro atoms. The summed E-state index contributed by atoms with van der Waals surface area (Å²) < 4.78 is 1.68. The van der Waals surface area contributed by atoms with Gasteiger partial charge in [0, 0.05) is 43.0 Å². The number of carbonyl (C=O) groups is 2. The van der Waals surface area contributed by atoms with E-state index in [1.807, 2.05) is 35.1 Å². The molecule has 1 unspecified atom stereocenters. The second-order valence-corrected chi connectivity index (χ2v) is 10.1. The lowest BCUT2D eigenvalue weighted by Crippen LogP contribution is -2.42. The van der Waals surface area contributed by atoms with Crippen LogP contribution in [0.4, 0.5) is 0 Å². The summed E-state index contributed by atoms with van der Waals surface area (Å²) in [6, 6.07) is 2.13. The molecule has 10 heteroatoms. The predicted molar refractivity (Wildman–Crippen MR) is 125 cm³/mol. The summed E-state index contributed by atoms with van der Waals surface area (Å²) in [5, 5.41) is 15.7. The molecule has 0 aromatic carbocycles. The third-order valence-corrected chi connectivity index (χ3v) is 7.87. The fourth-order valence-electron chi connectivity index (χ4n) is 4.87. The summed E-state index contributed by atoms with van der Waals surface area (Å²) in [7, 11) is 0. The lowest BCUT2D eigenvalue weighted by molar-refractivity contribution is 0.0630. The van der Waals surface area contributed by atoms with Crippen molar-refractivity contribution in [1.29, 1.82) is 0 Å². The Bertz CT molecular complexity index is 1190. The Labute approximate surface area is 196 Å². The Morgan fingerprint density at radius 1 is 1.03 bits per heavy atom. The van der Waals surface area contributed by atoms with Crippen molar-refractivity contribution in [2.24, 2.45) is 0 Å². The van der Waals surface area contributed by atoms with Gasteiger partial charge in [-0.15, -0.1) is 21.5 Å². The normalized spacial score (nSPS) is 19.9. The number of rotatable bonds is 3. The third-order valence-electron chi connectivity index (χ3n) is 6.86. The SMILES string of the molecule is Cc1cc2nnc(C(=O)N3CCC(c4nc(C(=O)N5CCCCC5C)cs4)CC3)c(C)n2n1. The number of hydrogen-bond acceptors (Lipinski definition) is 7. The summed E-state index contributed by atoms with van der Waals surface area (Å²) in [5.41, 5.74) is 3.11. The van der Waals surface area contributed by atoms with E-state index in [1.165, 1.54) is 6.42 Å². The van der Waals surface area contributed by atoms with Crippen LogP contribution in [0.15, 0.2) is 11.4 Å². The van der Waals surface area contributed by atoms with Crippen molar-refractivity contribution >= 4 is 28.8 Å². The minimum atomic E-state index is -0.109. The van der Waals surface area contributed by atoms with Gasteiger partial charge >= 0.3 is 0 Å². The Morgan fingerprint density at radius 2 is 1.82 bits per heavy atom. The molecule has 5 rings (SSSR count). The van der Waals surface area contributed by atoms with Crippen LogP contribution in [0.25, 0.3) is 5.65 Å². The van der Waals surface area contributed by atoms with Crippen molar-refractivity contribution < 1.29 is 9.59 Å². The average molecular weight is 468 g/mol. The van der Waals surface area contributed by atoms with Crippen LogP contribution < -0.4 is 0 Å². The molecule has 0 radical (unpaired) electrons. The van der Waals surface area contributed by atoms with Gasteiger partial charge in [0.25, 0.3) is 11.8 Å². The Hall–Kier alpha value is -2.88. The van der Waals surface area contributed by atoms with Gasteiger partial charge in [-0.25, -0.2) is 9.50 Å². The van der Waals surface area contributed by atoms with Gasteiger partial charge < -0.3 is 9.80 Å². The summed E-state index contributed by atoms with van der Waals surface area (Å²) in [5.74, 6) is 0.209. The van der Waals surface area contributed by atoms with Crippen molar-refractivity contribution in [2.75, 3.05) is 19.6 Å². The van der Waals surface area contributed by atoms with Crippen LogP contribution in [0.1, 0.15) is 82.3 Å². The average Bonchev–Trinajstić information content (AvgIpc) is 3.46. The molecule has 174 valence electrons. The largest absolute Gasteiger partial charge is 0.337 e. The third kappa shape index (κ3) is 4.12. The zero-order valence-electron chi connectivity index (χ0n) is 19.3. The van der Waals surface area contributed by atoms with Crippen molar-refractivity contribution in [3.8, 4) is 0 Å². The van der Waals surface area contributed by atoms with Crippen LogP contribution in [0.5, 0.6) is 0 Å². The minimum Gasteiger partial charge on any atom is -0.337 e. The molecule has 33 heavy (non-hydrogen) atoms. The first-order chi connectivity index (χ1) is 15.9. The van der Waals surface area contributed by atoms with Crippen LogP contribution in [-0.4, -0.2) is 72.1 Å². The van der Waals surface area contributed by atoms with Crippen LogP contribution in [0.3, 0.4) is 0 Å². The quantitative estimate of drug-likeness (QED) is 0.587. The van der Waals surface area contributed by atoms with E-state index in [9.17, 15) is 9.59 Å². The van der Waals surface area contributed by atoms with E-state index in [0.717, 1.165) is 42.9 Å². The highest BCUT2D eigenvalue weighted by atomic mass is 32.1. The molecule has 2 aliphatic heterocycles. The zero-order chi connectivity index (χ0) is 23.1. The first-order valence-corrected chi connectivity index (χ1v) is 12.6. The maximum absolute atomic E-state index is 13.1. The van der Waals surface area contributed by atoms with E-state index < -0.39 is 0 Å². The summed E-state index contributed by atoms with van der Waals surface area (Å²) in [6.07, 6.45) is 4.96. The molecule has 2 saturated heterocycles. The Morgan fingerprint density at radius 3 is 2.58 bits per heavy atom. The highest BCUT2D eigenvalue weighted by molar-refractivity contribution is 7.09. The number of hydrogen-bond donors (Lipinski definition) is 0. The minimum absolute atomic E-state index is 0.0515. The van der Waals surface area contributed by atoms with Crippen LogP contribution in [-0.2, 0) is 0 Å². The second kappa shape index (κ2) is 8.81. The number of aryl methyl sites for hydroxylation is 2. The predicted octanol–water partition coefficient (Wildman–Crippen LogP) is 3.23. The summed E-state index contributed by atoms with van der Waals surface area (Å²) in [6.45, 7) is 7.95. The van der Waals surface area contributed by atoms with Gasteiger partial charge in [-0.3, -0.25) is 9.59 Å². The molecule has 9 nitrogen and oxygen atoms in total. The van der Waals surface area contributed by atoms with Crippen molar-refractivity contribution in [3.05, 3.63) is 39.2 Å². The van der Waals surface area contributed by atoms with Gasteiger partial charge in [-0.2, -0.15) is 5.10 Å². The monoisotopic (exact) mass is 467 g/mol. The summed E-state index contributed by atoms with van der Waals surface area (Å²) >= 11 is 1.57. The number of piperidine rings is 2. The molecule has 2 amide bonds. The molecule has 5 heterocycles. The van der Waals surface area contributed by atoms with Gasteiger partial charge in [-0.1, -0.05) is 0 Å². The van der Waals surface area contributed by atoms with Crippen molar-refractivity contribution in [1.82, 2.24) is 34.6 Å². The summed E-state index contributed by atoms with van der Waals surface area (Å²) in [4.78, 5) is 34.6. The fraction of sp³-hybridized carbons (Fsp3) is 0.565. The lowest BCUT2D eigenvalue weighted by atomic mass is 9.97. The molecule has 0 saturated carbocycles. The van der Waals surface area contributed by atoms with E-state index in [2.05, 4.69) is 22.2 Å². The van der Waals surface area contributed by atoms with E-state index in [0.29, 0.717) is 35.8 Å². The van der Waals surface area contributed by atoms with Crippen LogP contribution in [0.2, 0.25) is 0 Å². The van der Waals surface area contributed by atoms with Gasteiger partial charge in [0.15, 0.2) is 11.3 Å². The second-order valence-electron chi connectivity index (χ2n) is 9.17. The van der Waals surface area contributed by atoms with Gasteiger partial charge in [0.2, 0.25) is 0 Å². The highest BCUT2D eigenvalue weighted by Gasteiger charge is 2.30. The van der Waals surface area contributed by atoms with Gasteiger partial charge in [-0.05, 0) is 52.9 Å². The Balaban J connectivity index is 1.24. The molecule has 1 atom stereocenters. The highest BCUT2D eigenvalue weighted by Crippen LogP contribution is 2.31. The molecular formula is C23H29N7O2S. The van der Waals surface area contributed by atoms with E-state index in [-0.39, 0.29) is 23.8 Å². The molecule has 3 aromatic heterocycles. The number of aromatic nitrogens is 5.